The summed E-state index contributed by atoms with van der Waals surface area (Å²) in [5.41, 5.74) is 2.24. The Kier molecular flexibility index (Phi) is 4.61. The van der Waals surface area contributed by atoms with Crippen molar-refractivity contribution in [1.82, 2.24) is 5.32 Å². The lowest BCUT2D eigenvalue weighted by molar-refractivity contribution is -0.112. The van der Waals surface area contributed by atoms with Gasteiger partial charge in [0, 0.05) is 12.2 Å². The molecular formula is C13H17NO. The van der Waals surface area contributed by atoms with Crippen LogP contribution in [0, 0.1) is 0 Å². The van der Waals surface area contributed by atoms with E-state index in [1.807, 2.05) is 25.1 Å². The van der Waals surface area contributed by atoms with Crippen LogP contribution in [0.4, 0.5) is 0 Å². The number of carbonyl (C=O) groups excluding carboxylic acids is 1. The van der Waals surface area contributed by atoms with Gasteiger partial charge in [-0.1, -0.05) is 30.3 Å². The second-order valence-electron chi connectivity index (χ2n) is 3.60. The molecule has 80 valence electrons. The summed E-state index contributed by atoms with van der Waals surface area (Å²) in [7, 11) is 0. The number of allylic oxidation sites excluding steroid dienone is 2. The molecule has 0 aliphatic carbocycles. The van der Waals surface area contributed by atoms with E-state index in [-0.39, 0.29) is 5.78 Å². The van der Waals surface area contributed by atoms with E-state index >= 15 is 0 Å². The van der Waals surface area contributed by atoms with E-state index in [0.717, 1.165) is 18.7 Å². The molecule has 1 aromatic rings. The summed E-state index contributed by atoms with van der Waals surface area (Å²) >= 11 is 0. The fraction of sp³-hybridized carbons (Fsp3) is 0.308. The first-order valence-corrected chi connectivity index (χ1v) is 5.15. The third kappa shape index (κ3) is 5.01. The molecule has 0 unspecified atom stereocenters. The van der Waals surface area contributed by atoms with Crippen LogP contribution in [0.5, 0.6) is 0 Å². The smallest absolute Gasteiger partial charge is 0.154 e. The van der Waals surface area contributed by atoms with Crippen LogP contribution in [0.2, 0.25) is 0 Å². The second-order valence-corrected chi connectivity index (χ2v) is 3.60. The molecule has 0 aliphatic heterocycles. The molecule has 0 radical (unpaired) electrons. The number of carbonyl (C=O) groups is 1. The average molecular weight is 203 g/mol. The van der Waals surface area contributed by atoms with Gasteiger partial charge in [-0.15, -0.1) is 0 Å². The highest BCUT2D eigenvalue weighted by Crippen LogP contribution is 1.98. The molecule has 2 nitrogen and oxygen atoms in total. The summed E-state index contributed by atoms with van der Waals surface area (Å²) in [5, 5.41) is 3.20. The summed E-state index contributed by atoms with van der Waals surface area (Å²) in [6.07, 6.45) is 2.59. The van der Waals surface area contributed by atoms with Crippen LogP contribution in [0.3, 0.4) is 0 Å². The highest BCUT2D eigenvalue weighted by Gasteiger charge is 1.93. The van der Waals surface area contributed by atoms with Crippen molar-refractivity contribution >= 4 is 5.78 Å². The molecule has 1 rings (SSSR count). The Morgan fingerprint density at radius 1 is 1.27 bits per heavy atom. The number of hydrogen-bond acceptors (Lipinski definition) is 2. The Bertz CT molecular complexity index is 341. The normalized spacial score (nSPS) is 11.2. The van der Waals surface area contributed by atoms with Gasteiger partial charge >= 0.3 is 0 Å². The van der Waals surface area contributed by atoms with Crippen LogP contribution >= 0.6 is 0 Å². The van der Waals surface area contributed by atoms with Gasteiger partial charge in [0.05, 0.1) is 0 Å². The maximum absolute atomic E-state index is 10.8. The fourth-order valence-corrected chi connectivity index (χ4v) is 1.40. The minimum absolute atomic E-state index is 0.0831. The van der Waals surface area contributed by atoms with Gasteiger partial charge < -0.3 is 5.32 Å². The minimum Gasteiger partial charge on any atom is -0.388 e. The molecule has 2 heteroatoms. The standard InChI is InChI=1S/C13H17NO/c1-11(10-12(2)15)14-9-8-13-6-4-3-5-7-13/h3-7,10,14H,8-9H2,1-2H3/b11-10-. The molecule has 0 aromatic heterocycles. The first-order chi connectivity index (χ1) is 7.18. The van der Waals surface area contributed by atoms with Crippen LogP contribution in [0.15, 0.2) is 42.1 Å². The Morgan fingerprint density at radius 3 is 2.53 bits per heavy atom. The molecule has 15 heavy (non-hydrogen) atoms. The third-order valence-electron chi connectivity index (χ3n) is 2.08. The average Bonchev–Trinajstić information content (AvgIpc) is 2.18. The Balaban J connectivity index is 2.31. The molecule has 0 saturated heterocycles. The summed E-state index contributed by atoms with van der Waals surface area (Å²) < 4.78 is 0. The van der Waals surface area contributed by atoms with Gasteiger partial charge in [0.1, 0.15) is 0 Å². The lowest BCUT2D eigenvalue weighted by Crippen LogP contribution is -2.15. The fourth-order valence-electron chi connectivity index (χ4n) is 1.40. The molecular weight excluding hydrogens is 186 g/mol. The minimum atomic E-state index is 0.0831. The first kappa shape index (κ1) is 11.5. The number of hydrogen-bond donors (Lipinski definition) is 1. The van der Waals surface area contributed by atoms with Gasteiger partial charge in [-0.3, -0.25) is 4.79 Å². The first-order valence-electron chi connectivity index (χ1n) is 5.15. The highest BCUT2D eigenvalue weighted by atomic mass is 16.1. The highest BCUT2D eigenvalue weighted by molar-refractivity contribution is 5.87. The summed E-state index contributed by atoms with van der Waals surface area (Å²) in [6, 6.07) is 10.3. The van der Waals surface area contributed by atoms with Crippen LogP contribution < -0.4 is 5.32 Å². The van der Waals surface area contributed by atoms with Crippen molar-refractivity contribution < 1.29 is 4.79 Å². The van der Waals surface area contributed by atoms with Crippen molar-refractivity contribution in [3.8, 4) is 0 Å². The topological polar surface area (TPSA) is 29.1 Å². The summed E-state index contributed by atoms with van der Waals surface area (Å²) in [4.78, 5) is 10.8. The molecule has 0 saturated carbocycles. The van der Waals surface area contributed by atoms with Crippen molar-refractivity contribution in [3.63, 3.8) is 0 Å². The van der Waals surface area contributed by atoms with Crippen molar-refractivity contribution in [2.24, 2.45) is 0 Å². The van der Waals surface area contributed by atoms with Crippen molar-refractivity contribution in [2.75, 3.05) is 6.54 Å². The summed E-state index contributed by atoms with van der Waals surface area (Å²) in [5.74, 6) is 0.0831. The lowest BCUT2D eigenvalue weighted by atomic mass is 10.1. The maximum Gasteiger partial charge on any atom is 0.154 e. The number of ketones is 1. The number of rotatable bonds is 5. The third-order valence-corrected chi connectivity index (χ3v) is 2.08. The molecule has 0 bridgehead atoms. The van der Waals surface area contributed by atoms with Crippen LogP contribution in [-0.4, -0.2) is 12.3 Å². The van der Waals surface area contributed by atoms with E-state index in [9.17, 15) is 4.79 Å². The van der Waals surface area contributed by atoms with E-state index < -0.39 is 0 Å². The quantitative estimate of drug-likeness (QED) is 0.744. The largest absolute Gasteiger partial charge is 0.388 e. The van der Waals surface area contributed by atoms with Gasteiger partial charge in [-0.2, -0.15) is 0 Å². The van der Waals surface area contributed by atoms with E-state index in [1.54, 1.807) is 13.0 Å². The van der Waals surface area contributed by atoms with Crippen LogP contribution in [0.25, 0.3) is 0 Å². The van der Waals surface area contributed by atoms with Gasteiger partial charge in [-0.05, 0) is 31.9 Å². The van der Waals surface area contributed by atoms with Gasteiger partial charge in [0.2, 0.25) is 0 Å². The molecule has 0 aliphatic rings. The zero-order chi connectivity index (χ0) is 11.1. The van der Waals surface area contributed by atoms with Crippen molar-refractivity contribution in [1.29, 1.82) is 0 Å². The number of benzene rings is 1. The lowest BCUT2D eigenvalue weighted by Gasteiger charge is -2.05. The maximum atomic E-state index is 10.8. The summed E-state index contributed by atoms with van der Waals surface area (Å²) in [6.45, 7) is 4.33. The van der Waals surface area contributed by atoms with Crippen LogP contribution in [-0.2, 0) is 11.2 Å². The SMILES string of the molecule is CC(=O)/C=C(/C)NCCc1ccccc1. The van der Waals surface area contributed by atoms with Crippen LogP contribution in [0.1, 0.15) is 19.4 Å². The zero-order valence-electron chi connectivity index (χ0n) is 9.29. The van der Waals surface area contributed by atoms with Gasteiger partial charge in [0.15, 0.2) is 5.78 Å². The number of nitrogens with one attached hydrogen (secondary N) is 1. The van der Waals surface area contributed by atoms with Gasteiger partial charge in [0.25, 0.3) is 0 Å². The van der Waals surface area contributed by atoms with Crippen molar-refractivity contribution in [3.05, 3.63) is 47.7 Å². The Labute approximate surface area is 91.0 Å². The molecule has 1 aromatic carbocycles. The molecule has 0 fully saturated rings. The zero-order valence-corrected chi connectivity index (χ0v) is 9.29. The predicted octanol–water partition coefficient (Wildman–Crippen LogP) is 2.31. The molecule has 0 heterocycles. The van der Waals surface area contributed by atoms with E-state index in [1.165, 1.54) is 5.56 Å². The second kappa shape index (κ2) is 6.02. The Morgan fingerprint density at radius 2 is 1.93 bits per heavy atom. The molecule has 0 amide bonds. The molecule has 0 spiro atoms. The molecule has 1 N–H and O–H groups in total. The molecule has 0 atom stereocenters. The van der Waals surface area contributed by atoms with Gasteiger partial charge in [-0.25, -0.2) is 0 Å². The van der Waals surface area contributed by atoms with E-state index in [4.69, 9.17) is 0 Å². The van der Waals surface area contributed by atoms with E-state index in [2.05, 4.69) is 17.4 Å². The van der Waals surface area contributed by atoms with E-state index in [0.29, 0.717) is 0 Å². The monoisotopic (exact) mass is 203 g/mol. The van der Waals surface area contributed by atoms with Crippen molar-refractivity contribution in [2.45, 2.75) is 20.3 Å². The predicted molar refractivity (Wildman–Crippen MR) is 62.6 cm³/mol. The Hall–Kier alpha value is -1.57.